The highest BCUT2D eigenvalue weighted by molar-refractivity contribution is 6.31. The van der Waals surface area contributed by atoms with Crippen LogP contribution in [0.4, 0.5) is 5.69 Å². The van der Waals surface area contributed by atoms with Gasteiger partial charge in [-0.2, -0.15) is 0 Å². The van der Waals surface area contributed by atoms with Gasteiger partial charge in [0.2, 0.25) is 0 Å². The number of ether oxygens (including phenoxy) is 1. The average molecular weight is 412 g/mol. The molecule has 5 heteroatoms. The van der Waals surface area contributed by atoms with Crippen LogP contribution in [0.1, 0.15) is 31.7 Å². The van der Waals surface area contributed by atoms with Gasteiger partial charge in [0.15, 0.2) is 0 Å². The molecule has 154 valence electrons. The van der Waals surface area contributed by atoms with E-state index in [0.717, 1.165) is 54.9 Å². The van der Waals surface area contributed by atoms with E-state index < -0.39 is 0 Å². The summed E-state index contributed by atoms with van der Waals surface area (Å²) in [5.74, 6) is 1.29. The molecule has 0 saturated heterocycles. The largest absolute Gasteiger partial charge is 0.497 e. The number of benzene rings is 2. The fourth-order valence-corrected chi connectivity index (χ4v) is 3.82. The summed E-state index contributed by atoms with van der Waals surface area (Å²) in [5.41, 5.74) is 3.33. The Bertz CT molecular complexity index is 910. The fourth-order valence-electron chi connectivity index (χ4n) is 3.65. The van der Waals surface area contributed by atoms with Crippen molar-refractivity contribution in [2.75, 3.05) is 38.6 Å². The van der Waals surface area contributed by atoms with Crippen molar-refractivity contribution in [3.05, 3.63) is 65.3 Å². The topological polar surface area (TPSA) is 37.4 Å². The lowest BCUT2D eigenvalue weighted by Crippen LogP contribution is -2.26. The molecule has 0 aliphatic carbocycles. The van der Waals surface area contributed by atoms with Crippen LogP contribution >= 0.6 is 11.6 Å². The second-order valence-corrected chi connectivity index (χ2v) is 7.62. The fraction of sp³-hybridized carbons (Fsp3) is 0.375. The van der Waals surface area contributed by atoms with Crippen LogP contribution in [0.5, 0.6) is 5.75 Å². The molecule has 0 bridgehead atoms. The van der Waals surface area contributed by atoms with Crippen LogP contribution in [0.25, 0.3) is 10.9 Å². The van der Waals surface area contributed by atoms with E-state index in [-0.39, 0.29) is 0 Å². The van der Waals surface area contributed by atoms with Gasteiger partial charge in [0.1, 0.15) is 5.75 Å². The van der Waals surface area contributed by atoms with E-state index in [1.54, 1.807) is 7.11 Å². The van der Waals surface area contributed by atoms with Gasteiger partial charge in [-0.1, -0.05) is 37.6 Å². The first kappa shape index (κ1) is 21.4. The minimum absolute atomic E-state index is 0.400. The van der Waals surface area contributed by atoms with E-state index >= 15 is 0 Å². The van der Waals surface area contributed by atoms with Gasteiger partial charge < -0.3 is 15.0 Å². The number of aromatic nitrogens is 1. The maximum absolute atomic E-state index is 6.13. The molecule has 0 spiro atoms. The van der Waals surface area contributed by atoms with Crippen molar-refractivity contribution >= 4 is 28.2 Å². The molecule has 3 aromatic rings. The van der Waals surface area contributed by atoms with Crippen molar-refractivity contribution in [3.63, 3.8) is 0 Å². The van der Waals surface area contributed by atoms with Crippen LogP contribution in [0.2, 0.25) is 5.02 Å². The zero-order valence-electron chi connectivity index (χ0n) is 17.5. The summed E-state index contributed by atoms with van der Waals surface area (Å²) in [6, 6.07) is 16.3. The molecule has 1 heterocycles. The van der Waals surface area contributed by atoms with E-state index in [2.05, 4.69) is 41.2 Å². The van der Waals surface area contributed by atoms with E-state index in [4.69, 9.17) is 16.3 Å². The summed E-state index contributed by atoms with van der Waals surface area (Å²) >= 11 is 6.13. The molecule has 1 atom stereocenters. The Labute approximate surface area is 178 Å². The first-order valence-corrected chi connectivity index (χ1v) is 10.7. The third-order valence-electron chi connectivity index (χ3n) is 5.52. The number of fused-ring (bicyclic) bond motifs is 1. The monoisotopic (exact) mass is 411 g/mol. The molecular formula is C24H30ClN3O. The predicted molar refractivity (Wildman–Crippen MR) is 123 cm³/mol. The zero-order chi connectivity index (χ0) is 20.6. The van der Waals surface area contributed by atoms with Gasteiger partial charge in [-0.15, -0.1) is 0 Å². The minimum Gasteiger partial charge on any atom is -0.497 e. The lowest BCUT2D eigenvalue weighted by molar-refractivity contribution is 0.291. The third kappa shape index (κ3) is 5.62. The zero-order valence-corrected chi connectivity index (χ0v) is 18.2. The highest BCUT2D eigenvalue weighted by Crippen LogP contribution is 2.27. The highest BCUT2D eigenvalue weighted by Gasteiger charge is 2.14. The van der Waals surface area contributed by atoms with Crippen LogP contribution < -0.4 is 10.1 Å². The molecule has 2 aromatic carbocycles. The number of anilines is 1. The molecule has 0 radical (unpaired) electrons. The summed E-state index contributed by atoms with van der Waals surface area (Å²) < 4.78 is 5.33. The number of methoxy groups -OCH3 is 1. The van der Waals surface area contributed by atoms with Crippen LogP contribution in [-0.2, 0) is 0 Å². The molecule has 0 amide bonds. The molecule has 0 fully saturated rings. The number of hydrogen-bond acceptors (Lipinski definition) is 4. The Morgan fingerprint density at radius 2 is 1.83 bits per heavy atom. The standard InChI is InChI=1S/C24H30ClN3O/c1-4-28(5-2)15-13-19(18-6-9-21(29-3)10-7-18)17-27-23-12-14-26-24-16-20(25)8-11-22(23)24/h6-12,14,16,19H,4-5,13,15,17H2,1-3H3,(H,26,27)/t19-/m0/s1. The lowest BCUT2D eigenvalue weighted by Gasteiger charge is -2.24. The Kier molecular flexibility index (Phi) is 7.73. The first-order chi connectivity index (χ1) is 14.1. The van der Waals surface area contributed by atoms with Crippen molar-refractivity contribution in [2.45, 2.75) is 26.2 Å². The summed E-state index contributed by atoms with van der Waals surface area (Å²) in [4.78, 5) is 6.92. The molecule has 0 aliphatic rings. The number of hydrogen-bond donors (Lipinski definition) is 1. The highest BCUT2D eigenvalue weighted by atomic mass is 35.5. The molecule has 1 aromatic heterocycles. The SMILES string of the molecule is CCN(CC)CC[C@@H](CNc1ccnc2cc(Cl)ccc12)c1ccc(OC)cc1. The summed E-state index contributed by atoms with van der Waals surface area (Å²) in [5, 5.41) is 5.46. The molecular weight excluding hydrogens is 382 g/mol. The maximum atomic E-state index is 6.13. The van der Waals surface area contributed by atoms with Crippen LogP contribution in [0, 0.1) is 0 Å². The summed E-state index contributed by atoms with van der Waals surface area (Å²) in [6.07, 6.45) is 2.93. The van der Waals surface area contributed by atoms with E-state index in [1.807, 2.05) is 42.6 Å². The Hall–Kier alpha value is -2.30. The third-order valence-corrected chi connectivity index (χ3v) is 5.75. The molecule has 0 saturated carbocycles. The molecule has 0 aliphatic heterocycles. The van der Waals surface area contributed by atoms with E-state index in [1.165, 1.54) is 5.56 Å². The van der Waals surface area contributed by atoms with E-state index in [0.29, 0.717) is 10.9 Å². The molecule has 4 nitrogen and oxygen atoms in total. The molecule has 3 rings (SSSR count). The van der Waals surface area contributed by atoms with Crippen molar-refractivity contribution in [1.82, 2.24) is 9.88 Å². The number of rotatable bonds is 10. The van der Waals surface area contributed by atoms with Gasteiger partial charge >= 0.3 is 0 Å². The van der Waals surface area contributed by atoms with Crippen LogP contribution in [0.3, 0.4) is 0 Å². The van der Waals surface area contributed by atoms with Crippen LogP contribution in [-0.4, -0.2) is 43.2 Å². The van der Waals surface area contributed by atoms with Gasteiger partial charge in [0.25, 0.3) is 0 Å². The summed E-state index contributed by atoms with van der Waals surface area (Å²) in [7, 11) is 1.70. The number of nitrogens with one attached hydrogen (secondary N) is 1. The second kappa shape index (κ2) is 10.5. The number of pyridine rings is 1. The van der Waals surface area contributed by atoms with Crippen molar-refractivity contribution in [3.8, 4) is 5.75 Å². The number of halogens is 1. The quantitative estimate of drug-likeness (QED) is 0.455. The smallest absolute Gasteiger partial charge is 0.118 e. The van der Waals surface area contributed by atoms with Gasteiger partial charge in [-0.3, -0.25) is 4.98 Å². The molecule has 0 unspecified atom stereocenters. The number of nitrogens with zero attached hydrogens (tertiary/aromatic N) is 2. The Morgan fingerprint density at radius 3 is 2.52 bits per heavy atom. The normalized spacial score (nSPS) is 12.3. The van der Waals surface area contributed by atoms with Gasteiger partial charge in [-0.25, -0.2) is 0 Å². The van der Waals surface area contributed by atoms with Gasteiger partial charge in [0.05, 0.1) is 12.6 Å². The van der Waals surface area contributed by atoms with Crippen molar-refractivity contribution < 1.29 is 4.74 Å². The summed E-state index contributed by atoms with van der Waals surface area (Å²) in [6.45, 7) is 8.54. The van der Waals surface area contributed by atoms with Crippen LogP contribution in [0.15, 0.2) is 54.7 Å². The predicted octanol–water partition coefficient (Wildman–Crippen LogP) is 5.82. The molecule has 1 N–H and O–H groups in total. The van der Waals surface area contributed by atoms with Gasteiger partial charge in [-0.05, 0) is 68.0 Å². The molecule has 29 heavy (non-hydrogen) atoms. The maximum Gasteiger partial charge on any atom is 0.118 e. The van der Waals surface area contributed by atoms with Gasteiger partial charge in [0, 0.05) is 34.8 Å². The average Bonchev–Trinajstić information content (AvgIpc) is 2.76. The Balaban J connectivity index is 1.78. The Morgan fingerprint density at radius 1 is 1.07 bits per heavy atom. The minimum atomic E-state index is 0.400. The van der Waals surface area contributed by atoms with Crippen molar-refractivity contribution in [1.29, 1.82) is 0 Å². The first-order valence-electron chi connectivity index (χ1n) is 10.3. The van der Waals surface area contributed by atoms with Crippen molar-refractivity contribution in [2.24, 2.45) is 0 Å². The second-order valence-electron chi connectivity index (χ2n) is 7.19. The van der Waals surface area contributed by atoms with E-state index in [9.17, 15) is 0 Å². The lowest BCUT2D eigenvalue weighted by atomic mass is 9.95.